The largest absolute Gasteiger partial charge is 0.377 e. The van der Waals surface area contributed by atoms with Crippen molar-refractivity contribution in [2.45, 2.75) is 6.04 Å². The van der Waals surface area contributed by atoms with E-state index in [1.165, 1.54) is 12.1 Å². The second-order valence-electron chi connectivity index (χ2n) is 4.41. The molecule has 0 aromatic heterocycles. The van der Waals surface area contributed by atoms with Gasteiger partial charge in [0.1, 0.15) is 5.82 Å². The van der Waals surface area contributed by atoms with E-state index in [2.05, 4.69) is 21.2 Å². The molecular formula is C13H16BrFN2O2. The van der Waals surface area contributed by atoms with Crippen molar-refractivity contribution >= 4 is 21.8 Å². The van der Waals surface area contributed by atoms with Crippen LogP contribution in [0.1, 0.15) is 10.4 Å². The minimum atomic E-state index is -0.497. The fourth-order valence-corrected chi connectivity index (χ4v) is 2.50. The molecule has 1 N–H and O–H groups in total. The Morgan fingerprint density at radius 3 is 3.16 bits per heavy atom. The third kappa shape index (κ3) is 3.32. The molecule has 1 unspecified atom stereocenters. The lowest BCUT2D eigenvalue weighted by molar-refractivity contribution is -0.00121. The van der Waals surface area contributed by atoms with E-state index in [1.54, 1.807) is 11.0 Å². The summed E-state index contributed by atoms with van der Waals surface area (Å²) in [5, 5.41) is 3.02. The van der Waals surface area contributed by atoms with Crippen LogP contribution in [0.4, 0.5) is 4.39 Å². The Morgan fingerprint density at radius 1 is 1.63 bits per heavy atom. The number of carbonyl (C=O) groups is 1. The number of carbonyl (C=O) groups excluding carboxylic acids is 1. The molecule has 1 aliphatic heterocycles. The summed E-state index contributed by atoms with van der Waals surface area (Å²) in [6, 6.07) is 4.33. The van der Waals surface area contributed by atoms with Gasteiger partial charge in [0, 0.05) is 17.6 Å². The summed E-state index contributed by atoms with van der Waals surface area (Å²) in [5.74, 6) is -0.787. The van der Waals surface area contributed by atoms with E-state index >= 15 is 0 Å². The zero-order valence-corrected chi connectivity index (χ0v) is 12.2. The van der Waals surface area contributed by atoms with E-state index in [4.69, 9.17) is 4.74 Å². The van der Waals surface area contributed by atoms with Crippen LogP contribution in [-0.2, 0) is 4.74 Å². The number of nitrogens with one attached hydrogen (secondary N) is 1. The third-order valence-corrected chi connectivity index (χ3v) is 3.58. The summed E-state index contributed by atoms with van der Waals surface area (Å²) in [4.78, 5) is 14.1. The topological polar surface area (TPSA) is 41.6 Å². The fraction of sp³-hybridized carbons (Fsp3) is 0.462. The minimum absolute atomic E-state index is 0.0652. The number of rotatable bonds is 3. The lowest BCUT2D eigenvalue weighted by Crippen LogP contribution is -2.52. The Hall–Kier alpha value is -0.980. The lowest BCUT2D eigenvalue weighted by Gasteiger charge is -2.35. The van der Waals surface area contributed by atoms with Gasteiger partial charge in [-0.1, -0.05) is 15.9 Å². The second kappa shape index (κ2) is 6.45. The summed E-state index contributed by atoms with van der Waals surface area (Å²) < 4.78 is 19.8. The highest BCUT2D eigenvalue weighted by Gasteiger charge is 2.29. The Kier molecular flexibility index (Phi) is 4.90. The van der Waals surface area contributed by atoms with Crippen LogP contribution in [0.25, 0.3) is 0 Å². The number of amides is 1. The molecule has 0 radical (unpaired) electrons. The van der Waals surface area contributed by atoms with Crippen molar-refractivity contribution in [3.63, 3.8) is 0 Å². The Bertz CT molecular complexity index is 468. The Labute approximate surface area is 120 Å². The number of benzene rings is 1. The summed E-state index contributed by atoms with van der Waals surface area (Å²) in [6.45, 7) is 2.07. The minimum Gasteiger partial charge on any atom is -0.377 e. The third-order valence-electron chi connectivity index (χ3n) is 3.09. The normalized spacial score (nSPS) is 19.5. The van der Waals surface area contributed by atoms with Gasteiger partial charge >= 0.3 is 0 Å². The molecule has 1 heterocycles. The van der Waals surface area contributed by atoms with Crippen LogP contribution in [0.2, 0.25) is 0 Å². The average molecular weight is 331 g/mol. The van der Waals surface area contributed by atoms with Gasteiger partial charge in [-0.15, -0.1) is 0 Å². The van der Waals surface area contributed by atoms with E-state index in [-0.39, 0.29) is 17.5 Å². The molecular weight excluding hydrogens is 315 g/mol. The molecule has 1 aliphatic rings. The highest BCUT2D eigenvalue weighted by molar-refractivity contribution is 9.10. The smallest absolute Gasteiger partial charge is 0.257 e. The zero-order valence-electron chi connectivity index (χ0n) is 10.7. The van der Waals surface area contributed by atoms with Gasteiger partial charge in [0.25, 0.3) is 5.91 Å². The predicted molar refractivity (Wildman–Crippen MR) is 73.7 cm³/mol. The van der Waals surface area contributed by atoms with E-state index in [9.17, 15) is 9.18 Å². The van der Waals surface area contributed by atoms with Crippen LogP contribution in [0.3, 0.4) is 0 Å². The molecule has 1 atom stereocenters. The van der Waals surface area contributed by atoms with Crippen LogP contribution in [0, 0.1) is 5.82 Å². The van der Waals surface area contributed by atoms with Gasteiger partial charge in [-0.05, 0) is 25.2 Å². The molecule has 2 rings (SSSR count). The van der Waals surface area contributed by atoms with Crippen molar-refractivity contribution in [3.8, 4) is 0 Å². The van der Waals surface area contributed by atoms with E-state index < -0.39 is 5.82 Å². The number of hydrogen-bond acceptors (Lipinski definition) is 3. The first-order valence-electron chi connectivity index (χ1n) is 6.12. The Balaban J connectivity index is 2.23. The van der Waals surface area contributed by atoms with E-state index in [0.29, 0.717) is 30.8 Å². The fourth-order valence-electron chi connectivity index (χ4n) is 2.14. The van der Waals surface area contributed by atoms with Crippen LogP contribution >= 0.6 is 15.9 Å². The average Bonchev–Trinajstić information content (AvgIpc) is 2.42. The van der Waals surface area contributed by atoms with Gasteiger partial charge in [-0.2, -0.15) is 0 Å². The second-order valence-corrected chi connectivity index (χ2v) is 5.32. The molecule has 0 aliphatic carbocycles. The van der Waals surface area contributed by atoms with Crippen LogP contribution in [0.15, 0.2) is 22.7 Å². The molecule has 0 bridgehead atoms. The predicted octanol–water partition coefficient (Wildman–Crippen LogP) is 1.65. The Morgan fingerprint density at radius 2 is 2.42 bits per heavy atom. The number of nitrogens with zero attached hydrogens (tertiary/aromatic N) is 1. The molecule has 4 nitrogen and oxygen atoms in total. The monoisotopic (exact) mass is 330 g/mol. The van der Waals surface area contributed by atoms with Crippen LogP contribution < -0.4 is 5.32 Å². The van der Waals surface area contributed by atoms with E-state index in [0.717, 1.165) is 0 Å². The number of morpholine rings is 1. The van der Waals surface area contributed by atoms with Gasteiger partial charge < -0.3 is 15.0 Å². The number of halogens is 2. The van der Waals surface area contributed by atoms with Gasteiger partial charge in [-0.3, -0.25) is 4.79 Å². The van der Waals surface area contributed by atoms with Gasteiger partial charge in [0.15, 0.2) is 0 Å². The molecule has 104 valence electrons. The standard InChI is InChI=1S/C13H16BrFN2O2/c1-16-7-10-8-19-5-4-17(10)13(18)11-6-9(14)2-3-12(11)15/h2-3,6,10,16H,4-5,7-8H2,1H3. The van der Waals surface area contributed by atoms with Gasteiger partial charge in [-0.25, -0.2) is 4.39 Å². The first kappa shape index (κ1) is 14.4. The first-order valence-corrected chi connectivity index (χ1v) is 6.91. The summed E-state index contributed by atoms with van der Waals surface area (Å²) in [6.07, 6.45) is 0. The molecule has 1 aromatic carbocycles. The summed E-state index contributed by atoms with van der Waals surface area (Å²) >= 11 is 3.26. The maximum Gasteiger partial charge on any atom is 0.257 e. The molecule has 1 aromatic rings. The molecule has 0 spiro atoms. The van der Waals surface area contributed by atoms with Gasteiger partial charge in [0.2, 0.25) is 0 Å². The quantitative estimate of drug-likeness (QED) is 0.916. The maximum atomic E-state index is 13.8. The molecule has 0 saturated carbocycles. The number of ether oxygens (including phenoxy) is 1. The maximum absolute atomic E-state index is 13.8. The molecule has 6 heteroatoms. The van der Waals surface area contributed by atoms with Gasteiger partial charge in [0.05, 0.1) is 24.8 Å². The van der Waals surface area contributed by atoms with Crippen LogP contribution in [0.5, 0.6) is 0 Å². The molecule has 19 heavy (non-hydrogen) atoms. The first-order chi connectivity index (χ1) is 9.13. The van der Waals surface area contributed by atoms with Crippen molar-refractivity contribution < 1.29 is 13.9 Å². The summed E-state index contributed by atoms with van der Waals surface area (Å²) in [7, 11) is 1.82. The number of likely N-dealkylation sites (N-methyl/N-ethyl adjacent to an activating group) is 1. The van der Waals surface area contributed by atoms with Crippen LogP contribution in [-0.4, -0.2) is 50.2 Å². The highest BCUT2D eigenvalue weighted by Crippen LogP contribution is 2.19. The van der Waals surface area contributed by atoms with Crippen molar-refractivity contribution in [2.75, 3.05) is 33.4 Å². The molecule has 1 amide bonds. The zero-order chi connectivity index (χ0) is 13.8. The van der Waals surface area contributed by atoms with E-state index in [1.807, 2.05) is 7.05 Å². The SMILES string of the molecule is CNCC1COCCN1C(=O)c1cc(Br)ccc1F. The number of hydrogen-bond donors (Lipinski definition) is 1. The summed E-state index contributed by atoms with van der Waals surface area (Å²) in [5.41, 5.74) is 0.0948. The van der Waals surface area contributed by atoms with Crippen molar-refractivity contribution in [1.82, 2.24) is 10.2 Å². The lowest BCUT2D eigenvalue weighted by atomic mass is 10.1. The van der Waals surface area contributed by atoms with Crippen molar-refractivity contribution in [1.29, 1.82) is 0 Å². The van der Waals surface area contributed by atoms with Crippen molar-refractivity contribution in [2.24, 2.45) is 0 Å². The molecule has 1 saturated heterocycles. The van der Waals surface area contributed by atoms with Crippen molar-refractivity contribution in [3.05, 3.63) is 34.1 Å². The highest BCUT2D eigenvalue weighted by atomic mass is 79.9. The molecule has 1 fully saturated rings.